The summed E-state index contributed by atoms with van der Waals surface area (Å²) >= 11 is 5.20. The van der Waals surface area contributed by atoms with E-state index in [2.05, 4.69) is 38.5 Å². The lowest BCUT2D eigenvalue weighted by Gasteiger charge is -2.00. The fourth-order valence-electron chi connectivity index (χ4n) is 0.932. The summed E-state index contributed by atoms with van der Waals surface area (Å²) in [6.07, 6.45) is 0.330. The normalized spacial score (nSPS) is 10.1. The molecule has 1 aromatic rings. The van der Waals surface area contributed by atoms with E-state index in [1.165, 1.54) is 6.07 Å². The average molecular weight is 357 g/mol. The quantitative estimate of drug-likeness (QED) is 0.461. The van der Waals surface area contributed by atoms with E-state index in [0.717, 1.165) is 3.57 Å². The zero-order chi connectivity index (χ0) is 9.84. The van der Waals surface area contributed by atoms with Crippen molar-refractivity contribution in [3.63, 3.8) is 0 Å². The predicted molar refractivity (Wildman–Crippen MR) is 61.9 cm³/mol. The number of benzene rings is 1. The molecule has 0 aliphatic heterocycles. The fraction of sp³-hybridized carbons (Fsp3) is 0.222. The van der Waals surface area contributed by atoms with Crippen LogP contribution in [0.5, 0.6) is 0 Å². The summed E-state index contributed by atoms with van der Waals surface area (Å²) in [6.45, 7) is 0. The van der Waals surface area contributed by atoms with Crippen LogP contribution < -0.4 is 0 Å². The molecule has 0 unspecified atom stereocenters. The van der Waals surface area contributed by atoms with Crippen LogP contribution >= 0.6 is 38.5 Å². The van der Waals surface area contributed by atoms with Gasteiger partial charge >= 0.3 is 0 Å². The molecule has 1 rings (SSSR count). The topological polar surface area (TPSA) is 17.1 Å². The summed E-state index contributed by atoms with van der Waals surface area (Å²) in [4.78, 5) is 11.3. The number of hydrogen-bond acceptors (Lipinski definition) is 1. The van der Waals surface area contributed by atoms with Crippen molar-refractivity contribution in [2.75, 3.05) is 5.33 Å². The van der Waals surface area contributed by atoms with Crippen molar-refractivity contribution in [2.45, 2.75) is 6.42 Å². The van der Waals surface area contributed by atoms with Gasteiger partial charge in [0.2, 0.25) is 0 Å². The van der Waals surface area contributed by atoms with Gasteiger partial charge in [-0.05, 0) is 40.8 Å². The summed E-state index contributed by atoms with van der Waals surface area (Å²) < 4.78 is 14.0. The molecule has 0 saturated heterocycles. The molecule has 0 aliphatic carbocycles. The first-order valence-electron chi connectivity index (χ1n) is 3.69. The first-order chi connectivity index (χ1) is 6.15. The van der Waals surface area contributed by atoms with Crippen molar-refractivity contribution in [3.8, 4) is 0 Å². The van der Waals surface area contributed by atoms with Gasteiger partial charge in [-0.1, -0.05) is 15.9 Å². The Bertz CT molecular complexity index is 327. The third-order valence-electron chi connectivity index (χ3n) is 1.55. The maximum Gasteiger partial charge on any atom is 0.166 e. The van der Waals surface area contributed by atoms with Crippen molar-refractivity contribution in [3.05, 3.63) is 33.1 Å². The van der Waals surface area contributed by atoms with E-state index in [9.17, 15) is 9.18 Å². The van der Waals surface area contributed by atoms with Crippen molar-refractivity contribution in [2.24, 2.45) is 0 Å². The van der Waals surface area contributed by atoms with E-state index in [1.54, 1.807) is 12.1 Å². The van der Waals surface area contributed by atoms with E-state index in [-0.39, 0.29) is 11.3 Å². The summed E-state index contributed by atoms with van der Waals surface area (Å²) in [5.41, 5.74) is 0.186. The van der Waals surface area contributed by atoms with E-state index >= 15 is 0 Å². The smallest absolute Gasteiger partial charge is 0.166 e. The Hall–Kier alpha value is 0.0300. The maximum atomic E-state index is 13.1. The highest BCUT2D eigenvalue weighted by molar-refractivity contribution is 14.1. The van der Waals surface area contributed by atoms with Gasteiger partial charge in [-0.2, -0.15) is 0 Å². The minimum absolute atomic E-state index is 0.159. The first kappa shape index (κ1) is 11.1. The van der Waals surface area contributed by atoms with E-state index in [0.29, 0.717) is 11.8 Å². The van der Waals surface area contributed by atoms with Crippen LogP contribution in [-0.4, -0.2) is 11.1 Å². The maximum absolute atomic E-state index is 13.1. The first-order valence-corrected chi connectivity index (χ1v) is 5.89. The molecule has 0 fully saturated rings. The molecule has 0 N–H and O–H groups in total. The highest BCUT2D eigenvalue weighted by atomic mass is 127. The summed E-state index contributed by atoms with van der Waals surface area (Å²) in [5, 5.41) is 0.566. The van der Waals surface area contributed by atoms with Gasteiger partial charge in [0.1, 0.15) is 5.82 Å². The van der Waals surface area contributed by atoms with Crippen LogP contribution in [0.3, 0.4) is 0 Å². The molecule has 1 nitrogen and oxygen atoms in total. The van der Waals surface area contributed by atoms with Crippen LogP contribution in [-0.2, 0) is 0 Å². The number of halogens is 3. The Morgan fingerprint density at radius 3 is 2.85 bits per heavy atom. The van der Waals surface area contributed by atoms with Crippen molar-refractivity contribution in [1.29, 1.82) is 0 Å². The molecule has 0 amide bonds. The Kier molecular flexibility index (Phi) is 4.31. The highest BCUT2D eigenvalue weighted by Gasteiger charge is 2.10. The van der Waals surface area contributed by atoms with Gasteiger partial charge in [0, 0.05) is 15.3 Å². The molecule has 0 bridgehead atoms. The van der Waals surface area contributed by atoms with Gasteiger partial charge in [0.15, 0.2) is 5.78 Å². The predicted octanol–water partition coefficient (Wildman–Crippen LogP) is 3.40. The summed E-state index contributed by atoms with van der Waals surface area (Å²) in [6, 6.07) is 4.53. The number of hydrogen-bond donors (Lipinski definition) is 0. The second-order valence-electron chi connectivity index (χ2n) is 2.49. The standard InChI is InChI=1S/C9H7BrFIO/c10-4-3-9(13)7-5-6(12)1-2-8(7)11/h1-2,5H,3-4H2. The number of carbonyl (C=O) groups excluding carboxylic acids is 1. The van der Waals surface area contributed by atoms with Crippen LogP contribution in [0.25, 0.3) is 0 Å². The fourth-order valence-corrected chi connectivity index (χ4v) is 1.78. The lowest BCUT2D eigenvalue weighted by atomic mass is 10.1. The lowest BCUT2D eigenvalue weighted by Crippen LogP contribution is -2.03. The van der Waals surface area contributed by atoms with Crippen molar-refractivity contribution >= 4 is 44.3 Å². The Labute approximate surface area is 98.0 Å². The highest BCUT2D eigenvalue weighted by Crippen LogP contribution is 2.14. The van der Waals surface area contributed by atoms with Crippen LogP contribution in [0.15, 0.2) is 18.2 Å². The molecule has 0 aromatic heterocycles. The molecule has 0 radical (unpaired) electrons. The molecule has 0 saturated carbocycles. The number of carbonyl (C=O) groups is 1. The molecule has 0 aliphatic rings. The second-order valence-corrected chi connectivity index (χ2v) is 4.52. The summed E-state index contributed by atoms with van der Waals surface area (Å²) in [5.74, 6) is -0.598. The second kappa shape index (κ2) is 5.05. The molecule has 70 valence electrons. The molecular weight excluding hydrogens is 350 g/mol. The minimum Gasteiger partial charge on any atom is -0.294 e. The number of Topliss-reactive ketones (excluding diaryl/α,β-unsaturated/α-hetero) is 1. The van der Waals surface area contributed by atoms with Crippen molar-refractivity contribution in [1.82, 2.24) is 0 Å². The molecule has 13 heavy (non-hydrogen) atoms. The molecule has 0 spiro atoms. The van der Waals surface area contributed by atoms with Gasteiger partial charge < -0.3 is 0 Å². The number of alkyl halides is 1. The van der Waals surface area contributed by atoms with E-state index in [1.807, 2.05) is 0 Å². The third kappa shape index (κ3) is 3.02. The summed E-state index contributed by atoms with van der Waals surface area (Å²) in [7, 11) is 0. The molecular formula is C9H7BrFIO. The van der Waals surface area contributed by atoms with Crippen molar-refractivity contribution < 1.29 is 9.18 Å². The van der Waals surface area contributed by atoms with Crippen LogP contribution in [0.1, 0.15) is 16.8 Å². The zero-order valence-corrected chi connectivity index (χ0v) is 10.4. The van der Waals surface area contributed by atoms with E-state index in [4.69, 9.17) is 0 Å². The van der Waals surface area contributed by atoms with E-state index < -0.39 is 5.82 Å². The van der Waals surface area contributed by atoms with Crippen LogP contribution in [0, 0.1) is 9.39 Å². The van der Waals surface area contributed by atoms with Gasteiger partial charge in [-0.15, -0.1) is 0 Å². The Balaban J connectivity index is 2.99. The largest absolute Gasteiger partial charge is 0.294 e. The number of rotatable bonds is 3. The third-order valence-corrected chi connectivity index (χ3v) is 2.62. The molecule has 0 atom stereocenters. The molecule has 1 aromatic carbocycles. The Morgan fingerprint density at radius 1 is 1.54 bits per heavy atom. The van der Waals surface area contributed by atoms with Gasteiger partial charge in [-0.25, -0.2) is 4.39 Å². The molecule has 4 heteroatoms. The minimum atomic E-state index is -0.439. The zero-order valence-electron chi connectivity index (χ0n) is 6.69. The molecule has 0 heterocycles. The monoisotopic (exact) mass is 356 g/mol. The average Bonchev–Trinajstić information content (AvgIpc) is 2.09. The Morgan fingerprint density at radius 2 is 2.23 bits per heavy atom. The lowest BCUT2D eigenvalue weighted by molar-refractivity contribution is 0.0986. The van der Waals surface area contributed by atoms with Crippen LogP contribution in [0.4, 0.5) is 4.39 Å². The number of ketones is 1. The SMILES string of the molecule is O=C(CCBr)c1cc(I)ccc1F. The van der Waals surface area contributed by atoms with Gasteiger partial charge in [0.25, 0.3) is 0 Å². The van der Waals surface area contributed by atoms with Crippen LogP contribution in [0.2, 0.25) is 0 Å². The van der Waals surface area contributed by atoms with Gasteiger partial charge in [0.05, 0.1) is 5.56 Å². The van der Waals surface area contributed by atoms with Gasteiger partial charge in [-0.3, -0.25) is 4.79 Å².